The molecule has 1 aliphatic carbocycles. The van der Waals surface area contributed by atoms with Gasteiger partial charge in [0.25, 0.3) is 5.91 Å². The Hall–Kier alpha value is -2.57. The number of aryl methyl sites for hydroxylation is 3. The summed E-state index contributed by atoms with van der Waals surface area (Å²) in [5.41, 5.74) is 3.65. The van der Waals surface area contributed by atoms with E-state index in [1.807, 2.05) is 14.0 Å². The van der Waals surface area contributed by atoms with Gasteiger partial charge < -0.3 is 9.80 Å². The standard InChI is InChI=1S/C17H20N6O/c1-11-7-19-15(8-18-11)17(24)22(2)13-9-23(10-13)16-6-12-4-3-5-14(12)20-21-16/h6-8,13H,3-5,9-10H2,1-2H3. The van der Waals surface area contributed by atoms with Gasteiger partial charge in [-0.05, 0) is 37.8 Å². The van der Waals surface area contributed by atoms with Crippen molar-refractivity contribution in [3.05, 3.63) is 41.1 Å². The molecule has 7 heteroatoms. The number of nitrogens with zero attached hydrogens (tertiary/aromatic N) is 6. The number of anilines is 1. The van der Waals surface area contributed by atoms with Crippen molar-refractivity contribution in [3.63, 3.8) is 0 Å². The number of aromatic nitrogens is 4. The van der Waals surface area contributed by atoms with E-state index in [-0.39, 0.29) is 11.9 Å². The largest absolute Gasteiger partial charge is 0.351 e. The van der Waals surface area contributed by atoms with Crippen LogP contribution in [0.3, 0.4) is 0 Å². The summed E-state index contributed by atoms with van der Waals surface area (Å²) in [6.07, 6.45) is 6.47. The zero-order valence-corrected chi connectivity index (χ0v) is 13.9. The molecule has 7 nitrogen and oxygen atoms in total. The molecule has 1 aliphatic heterocycles. The van der Waals surface area contributed by atoms with Gasteiger partial charge in [0.15, 0.2) is 5.82 Å². The Kier molecular flexibility index (Phi) is 3.63. The number of hydrogen-bond donors (Lipinski definition) is 0. The first kappa shape index (κ1) is 15.0. The lowest BCUT2D eigenvalue weighted by atomic mass is 10.1. The van der Waals surface area contributed by atoms with E-state index in [4.69, 9.17) is 0 Å². The Bertz CT molecular complexity index is 769. The number of amides is 1. The molecule has 1 fully saturated rings. The minimum absolute atomic E-state index is 0.0906. The van der Waals surface area contributed by atoms with Gasteiger partial charge >= 0.3 is 0 Å². The number of carbonyl (C=O) groups is 1. The molecule has 1 saturated heterocycles. The van der Waals surface area contributed by atoms with E-state index in [1.54, 1.807) is 11.1 Å². The Morgan fingerprint density at radius 2 is 2.04 bits per heavy atom. The molecule has 24 heavy (non-hydrogen) atoms. The fraction of sp³-hybridized carbons (Fsp3) is 0.471. The van der Waals surface area contributed by atoms with Crippen LogP contribution in [0.1, 0.15) is 33.9 Å². The van der Waals surface area contributed by atoms with E-state index >= 15 is 0 Å². The molecule has 4 rings (SSSR count). The van der Waals surface area contributed by atoms with Crippen LogP contribution >= 0.6 is 0 Å². The predicted octanol–water partition coefficient (Wildman–Crippen LogP) is 1.02. The van der Waals surface area contributed by atoms with E-state index in [1.165, 1.54) is 18.2 Å². The average molecular weight is 324 g/mol. The maximum atomic E-state index is 12.5. The molecule has 0 saturated carbocycles. The zero-order chi connectivity index (χ0) is 16.7. The molecule has 2 aromatic heterocycles. The molecule has 2 aromatic rings. The molecule has 0 unspecified atom stereocenters. The first-order valence-electron chi connectivity index (χ1n) is 8.28. The maximum Gasteiger partial charge on any atom is 0.274 e. The maximum absolute atomic E-state index is 12.5. The highest BCUT2D eigenvalue weighted by molar-refractivity contribution is 5.92. The monoisotopic (exact) mass is 324 g/mol. The van der Waals surface area contributed by atoms with Crippen LogP contribution in [0.15, 0.2) is 18.5 Å². The minimum atomic E-state index is -0.0906. The highest BCUT2D eigenvalue weighted by Crippen LogP contribution is 2.26. The summed E-state index contributed by atoms with van der Waals surface area (Å²) < 4.78 is 0. The number of carbonyl (C=O) groups excluding carboxylic acids is 1. The summed E-state index contributed by atoms with van der Waals surface area (Å²) >= 11 is 0. The quantitative estimate of drug-likeness (QED) is 0.839. The number of rotatable bonds is 3. The van der Waals surface area contributed by atoms with E-state index in [2.05, 4.69) is 31.1 Å². The first-order chi connectivity index (χ1) is 11.6. The van der Waals surface area contributed by atoms with Crippen molar-refractivity contribution in [1.29, 1.82) is 0 Å². The molecule has 0 atom stereocenters. The lowest BCUT2D eigenvalue weighted by Gasteiger charge is -2.44. The molecule has 0 N–H and O–H groups in total. The molecule has 0 bridgehead atoms. The van der Waals surface area contributed by atoms with Crippen LogP contribution < -0.4 is 4.90 Å². The van der Waals surface area contributed by atoms with Gasteiger partial charge in [-0.25, -0.2) is 4.98 Å². The van der Waals surface area contributed by atoms with Crippen LogP contribution in [0.2, 0.25) is 0 Å². The average Bonchev–Trinajstić information content (AvgIpc) is 3.01. The van der Waals surface area contributed by atoms with E-state index in [9.17, 15) is 4.79 Å². The predicted molar refractivity (Wildman–Crippen MR) is 88.9 cm³/mol. The van der Waals surface area contributed by atoms with Gasteiger partial charge in [-0.2, -0.15) is 5.10 Å². The van der Waals surface area contributed by atoms with Gasteiger partial charge in [0.05, 0.1) is 23.6 Å². The normalized spacial score (nSPS) is 16.7. The smallest absolute Gasteiger partial charge is 0.274 e. The van der Waals surface area contributed by atoms with Gasteiger partial charge in [0.1, 0.15) is 5.69 Å². The Morgan fingerprint density at radius 1 is 1.21 bits per heavy atom. The van der Waals surface area contributed by atoms with E-state index in [0.29, 0.717) is 5.69 Å². The third-order valence-electron chi connectivity index (χ3n) is 4.86. The summed E-state index contributed by atoms with van der Waals surface area (Å²) in [7, 11) is 1.82. The van der Waals surface area contributed by atoms with Gasteiger partial charge in [-0.3, -0.25) is 9.78 Å². The van der Waals surface area contributed by atoms with Crippen molar-refractivity contribution < 1.29 is 4.79 Å². The summed E-state index contributed by atoms with van der Waals surface area (Å²) in [6.45, 7) is 3.40. The zero-order valence-electron chi connectivity index (χ0n) is 13.9. The third-order valence-corrected chi connectivity index (χ3v) is 4.86. The second kappa shape index (κ2) is 5.81. The van der Waals surface area contributed by atoms with Crippen molar-refractivity contribution in [3.8, 4) is 0 Å². The van der Waals surface area contributed by atoms with Crippen molar-refractivity contribution in [2.45, 2.75) is 32.2 Å². The van der Waals surface area contributed by atoms with E-state index in [0.717, 1.165) is 43.1 Å². The van der Waals surface area contributed by atoms with Crippen LogP contribution in [0, 0.1) is 6.92 Å². The molecule has 0 aromatic carbocycles. The van der Waals surface area contributed by atoms with Crippen molar-refractivity contribution >= 4 is 11.7 Å². The molecule has 0 spiro atoms. The number of likely N-dealkylation sites (N-methyl/N-ethyl adjacent to an activating group) is 1. The third kappa shape index (κ3) is 2.60. The van der Waals surface area contributed by atoms with Crippen LogP contribution in [0.4, 0.5) is 5.82 Å². The van der Waals surface area contributed by atoms with Crippen LogP contribution in [0.25, 0.3) is 0 Å². The summed E-state index contributed by atoms with van der Waals surface area (Å²) in [5, 5.41) is 8.66. The molecular weight excluding hydrogens is 304 g/mol. The van der Waals surface area contributed by atoms with Gasteiger partial charge in [-0.1, -0.05) is 0 Å². The second-order valence-corrected chi connectivity index (χ2v) is 6.55. The van der Waals surface area contributed by atoms with Gasteiger partial charge in [0.2, 0.25) is 0 Å². The summed E-state index contributed by atoms with van der Waals surface area (Å²) in [6, 6.07) is 2.31. The van der Waals surface area contributed by atoms with Crippen molar-refractivity contribution in [2.24, 2.45) is 0 Å². The number of hydrogen-bond acceptors (Lipinski definition) is 6. The SMILES string of the molecule is Cc1cnc(C(=O)N(C)C2CN(c3cc4c(nn3)CCC4)C2)cn1. The molecule has 0 radical (unpaired) electrons. The Labute approximate surface area is 140 Å². The lowest BCUT2D eigenvalue weighted by molar-refractivity contribution is 0.0698. The van der Waals surface area contributed by atoms with Gasteiger partial charge in [-0.15, -0.1) is 5.10 Å². The van der Waals surface area contributed by atoms with Crippen molar-refractivity contribution in [2.75, 3.05) is 25.0 Å². The summed E-state index contributed by atoms with van der Waals surface area (Å²) in [5.74, 6) is 0.829. The molecule has 2 aliphatic rings. The fourth-order valence-corrected chi connectivity index (χ4v) is 3.21. The van der Waals surface area contributed by atoms with Crippen LogP contribution in [-0.2, 0) is 12.8 Å². The molecule has 124 valence electrons. The van der Waals surface area contributed by atoms with Gasteiger partial charge in [0, 0.05) is 26.3 Å². The topological polar surface area (TPSA) is 75.1 Å². The lowest BCUT2D eigenvalue weighted by Crippen LogP contribution is -2.60. The van der Waals surface area contributed by atoms with Crippen molar-refractivity contribution in [1.82, 2.24) is 25.1 Å². The van der Waals surface area contributed by atoms with E-state index < -0.39 is 0 Å². The fourth-order valence-electron chi connectivity index (χ4n) is 3.21. The second-order valence-electron chi connectivity index (χ2n) is 6.55. The minimum Gasteiger partial charge on any atom is -0.351 e. The first-order valence-corrected chi connectivity index (χ1v) is 8.28. The molecular formula is C17H20N6O. The highest BCUT2D eigenvalue weighted by atomic mass is 16.2. The Balaban J connectivity index is 1.40. The van der Waals surface area contributed by atoms with Crippen LogP contribution in [0.5, 0.6) is 0 Å². The summed E-state index contributed by atoms with van der Waals surface area (Å²) in [4.78, 5) is 24.7. The molecule has 3 heterocycles. The highest BCUT2D eigenvalue weighted by Gasteiger charge is 2.34. The Morgan fingerprint density at radius 3 is 2.79 bits per heavy atom. The number of fused-ring (bicyclic) bond motifs is 1. The van der Waals surface area contributed by atoms with Crippen LogP contribution in [-0.4, -0.2) is 57.2 Å². The molecule has 1 amide bonds.